The van der Waals surface area contributed by atoms with Crippen molar-refractivity contribution in [3.63, 3.8) is 0 Å². The smallest absolute Gasteiger partial charge is 0.246 e. The lowest BCUT2D eigenvalue weighted by Crippen LogP contribution is -2.50. The maximum absolute atomic E-state index is 13.2. The van der Waals surface area contributed by atoms with E-state index in [0.717, 1.165) is 32.4 Å². The maximum atomic E-state index is 13.2. The van der Waals surface area contributed by atoms with Crippen molar-refractivity contribution in [3.05, 3.63) is 71.8 Å². The van der Waals surface area contributed by atoms with Gasteiger partial charge in [0.05, 0.1) is 19.1 Å². The Kier molecular flexibility index (Phi) is 14.1. The number of amides is 3. The second kappa shape index (κ2) is 17.8. The Morgan fingerprint density at radius 3 is 2.17 bits per heavy atom. The molecular weight excluding hydrogens is 528 g/mol. The molecule has 4 N–H and O–H groups in total. The quantitative estimate of drug-likeness (QED) is 0.247. The lowest BCUT2D eigenvalue weighted by molar-refractivity contribution is -0.139. The number of likely N-dealkylation sites (tertiary alicyclic amines) is 1. The molecule has 0 spiro atoms. The molecule has 0 aromatic heterocycles. The van der Waals surface area contributed by atoms with Gasteiger partial charge in [0.15, 0.2) is 0 Å². The van der Waals surface area contributed by atoms with Gasteiger partial charge in [-0.2, -0.15) is 0 Å². The van der Waals surface area contributed by atoms with Crippen LogP contribution in [-0.4, -0.2) is 105 Å². The number of nitrogens with zero attached hydrogens (tertiary/aromatic N) is 3. The maximum Gasteiger partial charge on any atom is 0.246 e. The van der Waals surface area contributed by atoms with Crippen molar-refractivity contribution in [3.8, 4) is 0 Å². The van der Waals surface area contributed by atoms with Crippen molar-refractivity contribution >= 4 is 17.7 Å². The molecule has 3 rings (SSSR count). The van der Waals surface area contributed by atoms with Crippen molar-refractivity contribution in [2.75, 3.05) is 60.4 Å². The first-order chi connectivity index (χ1) is 20.2. The van der Waals surface area contributed by atoms with Gasteiger partial charge >= 0.3 is 0 Å². The number of rotatable bonds is 17. The van der Waals surface area contributed by atoms with E-state index in [1.54, 1.807) is 0 Å². The minimum atomic E-state index is -0.661. The molecule has 2 aromatic carbocycles. The first kappa shape index (κ1) is 33.4. The summed E-state index contributed by atoms with van der Waals surface area (Å²) in [5.41, 5.74) is 8.75. The molecule has 1 aliphatic heterocycles. The van der Waals surface area contributed by atoms with Crippen LogP contribution in [-0.2, 0) is 14.4 Å². The SMILES string of the molecule is CN(C)CCCN(CC(=O)NC(=O)CNCCC(c1ccccc1)c1ccccc1)C(=O)[C@@H](N)CC[C@@H]1CCCN1C. The van der Waals surface area contributed by atoms with Gasteiger partial charge < -0.3 is 25.8 Å². The van der Waals surface area contributed by atoms with Gasteiger partial charge in [0, 0.05) is 18.5 Å². The summed E-state index contributed by atoms with van der Waals surface area (Å²) in [6.45, 7) is 2.71. The van der Waals surface area contributed by atoms with E-state index in [9.17, 15) is 14.4 Å². The fraction of sp³-hybridized carbons (Fsp3) is 0.545. The van der Waals surface area contributed by atoms with Crippen LogP contribution in [0.1, 0.15) is 55.6 Å². The average molecular weight is 579 g/mol. The highest BCUT2D eigenvalue weighted by Crippen LogP contribution is 2.27. The van der Waals surface area contributed by atoms with Gasteiger partial charge in [-0.3, -0.25) is 19.7 Å². The molecule has 9 heteroatoms. The Morgan fingerprint density at radius 1 is 0.952 bits per heavy atom. The fourth-order valence-corrected chi connectivity index (χ4v) is 5.68. The largest absolute Gasteiger partial charge is 0.332 e. The van der Waals surface area contributed by atoms with Gasteiger partial charge in [-0.05, 0) is 90.4 Å². The van der Waals surface area contributed by atoms with Crippen LogP contribution in [0.2, 0.25) is 0 Å². The first-order valence-corrected chi connectivity index (χ1v) is 15.3. The van der Waals surface area contributed by atoms with Crippen LogP contribution in [0, 0.1) is 0 Å². The first-order valence-electron chi connectivity index (χ1n) is 15.3. The zero-order valence-corrected chi connectivity index (χ0v) is 25.6. The molecule has 1 aliphatic rings. The number of nitrogens with one attached hydrogen (secondary N) is 2. The van der Waals surface area contributed by atoms with E-state index < -0.39 is 17.9 Å². The summed E-state index contributed by atoms with van der Waals surface area (Å²) >= 11 is 0. The van der Waals surface area contributed by atoms with Gasteiger partial charge in [-0.25, -0.2) is 0 Å². The highest BCUT2D eigenvalue weighted by atomic mass is 16.2. The molecule has 3 amide bonds. The van der Waals surface area contributed by atoms with Crippen LogP contribution in [0.5, 0.6) is 0 Å². The standard InChI is InChI=1S/C33H50N6O3/c1-37(2)21-11-23-39(33(42)30(34)18-17-28-16-10-22-38(28)3)25-32(41)36-31(40)24-35-20-19-29(26-12-6-4-7-13-26)27-14-8-5-9-15-27/h4-9,12-15,28-30,35H,10-11,16-25,34H2,1-3H3,(H,36,40,41)/t28-,30-/m0/s1. The van der Waals surface area contributed by atoms with Gasteiger partial charge in [0.2, 0.25) is 17.7 Å². The molecule has 1 heterocycles. The van der Waals surface area contributed by atoms with Crippen LogP contribution in [0.25, 0.3) is 0 Å². The zero-order valence-electron chi connectivity index (χ0n) is 25.6. The van der Waals surface area contributed by atoms with Crippen LogP contribution in [0.4, 0.5) is 0 Å². The number of hydrogen-bond donors (Lipinski definition) is 3. The van der Waals surface area contributed by atoms with E-state index >= 15 is 0 Å². The summed E-state index contributed by atoms with van der Waals surface area (Å²) in [5, 5.41) is 5.62. The Bertz CT molecular complexity index is 1060. The predicted molar refractivity (Wildman–Crippen MR) is 168 cm³/mol. The van der Waals surface area contributed by atoms with Gasteiger partial charge in [0.25, 0.3) is 0 Å². The summed E-state index contributed by atoms with van der Waals surface area (Å²) in [7, 11) is 6.05. The number of carbonyl (C=O) groups is 3. The third-order valence-corrected chi connectivity index (χ3v) is 8.06. The number of nitrogens with two attached hydrogens (primary N) is 1. The molecule has 2 aromatic rings. The normalized spacial score (nSPS) is 16.1. The van der Waals surface area contributed by atoms with Crippen molar-refractivity contribution in [1.82, 2.24) is 25.3 Å². The summed E-state index contributed by atoms with van der Waals surface area (Å²) in [4.78, 5) is 44.5. The molecule has 0 unspecified atom stereocenters. The summed E-state index contributed by atoms with van der Waals surface area (Å²) in [6.07, 6.45) is 5.25. The van der Waals surface area contributed by atoms with Crippen LogP contribution in [0.15, 0.2) is 60.7 Å². The highest BCUT2D eigenvalue weighted by Gasteiger charge is 2.27. The molecular formula is C33H50N6O3. The molecule has 2 atom stereocenters. The molecule has 0 aliphatic carbocycles. The van der Waals surface area contributed by atoms with E-state index in [1.807, 2.05) is 55.4 Å². The van der Waals surface area contributed by atoms with Crippen LogP contribution >= 0.6 is 0 Å². The number of imide groups is 1. The monoisotopic (exact) mass is 578 g/mol. The summed E-state index contributed by atoms with van der Waals surface area (Å²) in [6, 6.07) is 20.4. The van der Waals surface area contributed by atoms with Gasteiger partial charge in [0.1, 0.15) is 0 Å². The van der Waals surface area contributed by atoms with Gasteiger partial charge in [-0.1, -0.05) is 60.7 Å². The van der Waals surface area contributed by atoms with E-state index in [-0.39, 0.29) is 24.9 Å². The molecule has 9 nitrogen and oxygen atoms in total. The average Bonchev–Trinajstić information content (AvgIpc) is 3.40. The number of hydrogen-bond acceptors (Lipinski definition) is 7. The van der Waals surface area contributed by atoms with Crippen molar-refractivity contribution in [2.45, 2.75) is 56.5 Å². The van der Waals surface area contributed by atoms with Crippen molar-refractivity contribution in [1.29, 1.82) is 0 Å². The minimum Gasteiger partial charge on any atom is -0.332 e. The highest BCUT2D eigenvalue weighted by molar-refractivity contribution is 5.98. The molecule has 1 saturated heterocycles. The predicted octanol–water partition coefficient (Wildman–Crippen LogP) is 2.42. The Morgan fingerprint density at radius 2 is 1.60 bits per heavy atom. The van der Waals surface area contributed by atoms with Crippen molar-refractivity contribution in [2.24, 2.45) is 5.73 Å². The topological polar surface area (TPSA) is 111 Å². The molecule has 230 valence electrons. The fourth-order valence-electron chi connectivity index (χ4n) is 5.68. The third-order valence-electron chi connectivity index (χ3n) is 8.06. The lowest BCUT2D eigenvalue weighted by Gasteiger charge is -2.27. The van der Waals surface area contributed by atoms with E-state index in [0.29, 0.717) is 32.0 Å². The summed E-state index contributed by atoms with van der Waals surface area (Å²) < 4.78 is 0. The van der Waals surface area contributed by atoms with Crippen molar-refractivity contribution < 1.29 is 14.4 Å². The molecule has 0 radical (unpaired) electrons. The number of carbonyl (C=O) groups excluding carboxylic acids is 3. The van der Waals surface area contributed by atoms with Crippen LogP contribution in [0.3, 0.4) is 0 Å². The lowest BCUT2D eigenvalue weighted by atomic mass is 9.88. The second-order valence-corrected chi connectivity index (χ2v) is 11.7. The van der Waals surface area contributed by atoms with Gasteiger partial charge in [-0.15, -0.1) is 0 Å². The Hall–Kier alpha value is -3.11. The number of benzene rings is 2. The minimum absolute atomic E-state index is 0.0189. The Balaban J connectivity index is 1.47. The van der Waals surface area contributed by atoms with E-state index in [4.69, 9.17) is 5.73 Å². The zero-order chi connectivity index (χ0) is 30.3. The molecule has 1 fully saturated rings. The van der Waals surface area contributed by atoms with E-state index in [2.05, 4.69) is 46.8 Å². The second-order valence-electron chi connectivity index (χ2n) is 11.7. The molecule has 0 bridgehead atoms. The van der Waals surface area contributed by atoms with Crippen LogP contribution < -0.4 is 16.4 Å². The van der Waals surface area contributed by atoms with E-state index in [1.165, 1.54) is 22.4 Å². The third kappa shape index (κ3) is 11.3. The summed E-state index contributed by atoms with van der Waals surface area (Å²) in [5.74, 6) is -0.938. The molecule has 0 saturated carbocycles. The molecule has 42 heavy (non-hydrogen) atoms. The Labute approximate surface area is 251 Å².